The summed E-state index contributed by atoms with van der Waals surface area (Å²) in [5.41, 5.74) is 1.10. The standard InChI is InChI=1S/C14H20ClN3S/c1-4-16-13(14-12(15)6-8-19-14)9-11-5-7-18(17-11)10(2)3/h5-8,10,13,16H,4,9H2,1-3H3. The van der Waals surface area contributed by atoms with Crippen molar-refractivity contribution in [2.45, 2.75) is 39.3 Å². The summed E-state index contributed by atoms with van der Waals surface area (Å²) in [5, 5.41) is 11.0. The average Bonchev–Trinajstić information content (AvgIpc) is 2.97. The van der Waals surface area contributed by atoms with Crippen molar-refractivity contribution < 1.29 is 0 Å². The number of hydrogen-bond donors (Lipinski definition) is 1. The first kappa shape index (κ1) is 14.6. The molecule has 0 aliphatic heterocycles. The molecule has 1 atom stereocenters. The highest BCUT2D eigenvalue weighted by atomic mass is 35.5. The Morgan fingerprint density at radius 1 is 1.42 bits per heavy atom. The number of thiophene rings is 1. The van der Waals surface area contributed by atoms with Gasteiger partial charge in [-0.3, -0.25) is 4.68 Å². The first-order valence-corrected chi connectivity index (χ1v) is 7.87. The minimum absolute atomic E-state index is 0.244. The van der Waals surface area contributed by atoms with Crippen molar-refractivity contribution in [3.63, 3.8) is 0 Å². The van der Waals surface area contributed by atoms with E-state index in [2.05, 4.69) is 37.3 Å². The lowest BCUT2D eigenvalue weighted by Crippen LogP contribution is -2.22. The zero-order valence-corrected chi connectivity index (χ0v) is 13.1. The Balaban J connectivity index is 2.14. The summed E-state index contributed by atoms with van der Waals surface area (Å²) in [6, 6.07) is 4.69. The number of rotatable bonds is 6. The lowest BCUT2D eigenvalue weighted by Gasteiger charge is -2.16. The number of nitrogens with zero attached hydrogens (tertiary/aromatic N) is 2. The Morgan fingerprint density at radius 2 is 2.21 bits per heavy atom. The van der Waals surface area contributed by atoms with Crippen LogP contribution in [0.1, 0.15) is 43.4 Å². The average molecular weight is 298 g/mol. The van der Waals surface area contributed by atoms with Crippen LogP contribution in [0.25, 0.3) is 0 Å². The van der Waals surface area contributed by atoms with Gasteiger partial charge in [0.2, 0.25) is 0 Å². The minimum Gasteiger partial charge on any atom is -0.309 e. The fourth-order valence-electron chi connectivity index (χ4n) is 2.04. The van der Waals surface area contributed by atoms with E-state index in [-0.39, 0.29) is 6.04 Å². The van der Waals surface area contributed by atoms with E-state index in [4.69, 9.17) is 11.6 Å². The Kier molecular flexibility index (Phi) is 5.02. The van der Waals surface area contributed by atoms with Gasteiger partial charge in [-0.15, -0.1) is 11.3 Å². The summed E-state index contributed by atoms with van der Waals surface area (Å²) in [4.78, 5) is 1.20. The van der Waals surface area contributed by atoms with Crippen LogP contribution in [0.5, 0.6) is 0 Å². The first-order valence-electron chi connectivity index (χ1n) is 6.62. The molecule has 2 heterocycles. The predicted molar refractivity (Wildman–Crippen MR) is 82.1 cm³/mol. The highest BCUT2D eigenvalue weighted by Crippen LogP contribution is 2.30. The van der Waals surface area contributed by atoms with Crippen molar-refractivity contribution in [2.24, 2.45) is 0 Å². The minimum atomic E-state index is 0.244. The van der Waals surface area contributed by atoms with Crippen LogP contribution < -0.4 is 5.32 Å². The molecule has 0 fully saturated rings. The van der Waals surface area contributed by atoms with Gasteiger partial charge in [0.15, 0.2) is 0 Å². The maximum Gasteiger partial charge on any atom is 0.0644 e. The highest BCUT2D eigenvalue weighted by molar-refractivity contribution is 7.10. The summed E-state index contributed by atoms with van der Waals surface area (Å²) < 4.78 is 1.99. The SMILES string of the molecule is CCNC(Cc1ccn(C(C)C)n1)c1sccc1Cl. The van der Waals surface area contributed by atoms with E-state index < -0.39 is 0 Å². The Labute approximate surface area is 123 Å². The van der Waals surface area contributed by atoms with Gasteiger partial charge in [0, 0.05) is 29.6 Å². The van der Waals surface area contributed by atoms with Crippen LogP contribution in [0.3, 0.4) is 0 Å². The molecule has 5 heteroatoms. The third kappa shape index (κ3) is 3.59. The van der Waals surface area contributed by atoms with E-state index in [1.54, 1.807) is 11.3 Å². The molecule has 0 aliphatic carbocycles. The van der Waals surface area contributed by atoms with Crippen molar-refractivity contribution in [1.29, 1.82) is 0 Å². The zero-order chi connectivity index (χ0) is 13.8. The molecule has 0 spiro atoms. The number of halogens is 1. The van der Waals surface area contributed by atoms with Crippen LogP contribution in [0.2, 0.25) is 5.02 Å². The lowest BCUT2D eigenvalue weighted by molar-refractivity contribution is 0.509. The summed E-state index contributed by atoms with van der Waals surface area (Å²) in [5.74, 6) is 0. The van der Waals surface area contributed by atoms with Crippen molar-refractivity contribution in [2.75, 3.05) is 6.54 Å². The molecule has 1 N–H and O–H groups in total. The summed E-state index contributed by atoms with van der Waals surface area (Å²) >= 11 is 7.94. The molecule has 104 valence electrons. The van der Waals surface area contributed by atoms with E-state index in [9.17, 15) is 0 Å². The van der Waals surface area contributed by atoms with Crippen molar-refractivity contribution in [3.05, 3.63) is 39.3 Å². The molecule has 0 saturated heterocycles. The fraction of sp³-hybridized carbons (Fsp3) is 0.500. The van der Waals surface area contributed by atoms with Crippen molar-refractivity contribution in [3.8, 4) is 0 Å². The van der Waals surface area contributed by atoms with Crippen molar-refractivity contribution >= 4 is 22.9 Å². The normalized spacial score (nSPS) is 13.1. The second kappa shape index (κ2) is 6.55. The molecule has 0 aliphatic rings. The molecule has 2 aromatic rings. The van der Waals surface area contributed by atoms with Crippen LogP contribution in [-0.2, 0) is 6.42 Å². The molecule has 3 nitrogen and oxygen atoms in total. The molecule has 2 aromatic heterocycles. The van der Waals surface area contributed by atoms with E-state index in [0.29, 0.717) is 6.04 Å². The molecule has 0 radical (unpaired) electrons. The Morgan fingerprint density at radius 3 is 2.74 bits per heavy atom. The molecule has 1 unspecified atom stereocenters. The van der Waals surface area contributed by atoms with Crippen LogP contribution in [0.15, 0.2) is 23.7 Å². The van der Waals surface area contributed by atoms with Gasteiger partial charge in [-0.1, -0.05) is 18.5 Å². The molecule has 19 heavy (non-hydrogen) atoms. The topological polar surface area (TPSA) is 29.9 Å². The van der Waals surface area contributed by atoms with Gasteiger partial charge in [-0.25, -0.2) is 0 Å². The van der Waals surface area contributed by atoms with Gasteiger partial charge in [0.25, 0.3) is 0 Å². The number of aromatic nitrogens is 2. The van der Waals surface area contributed by atoms with Gasteiger partial charge in [0.05, 0.1) is 10.7 Å². The maximum absolute atomic E-state index is 6.24. The van der Waals surface area contributed by atoms with Gasteiger partial charge in [0.1, 0.15) is 0 Å². The Hall–Kier alpha value is -0.840. The molecule has 0 aromatic carbocycles. The second-order valence-electron chi connectivity index (χ2n) is 4.83. The van der Waals surface area contributed by atoms with Crippen LogP contribution in [0.4, 0.5) is 0 Å². The van der Waals surface area contributed by atoms with Gasteiger partial charge < -0.3 is 5.32 Å². The predicted octanol–water partition coefficient (Wildman–Crippen LogP) is 4.07. The quantitative estimate of drug-likeness (QED) is 0.871. The zero-order valence-electron chi connectivity index (χ0n) is 11.6. The monoisotopic (exact) mass is 297 g/mol. The Bertz CT molecular complexity index is 518. The van der Waals surface area contributed by atoms with E-state index in [0.717, 1.165) is 23.7 Å². The third-order valence-electron chi connectivity index (χ3n) is 3.02. The van der Waals surface area contributed by atoms with Crippen LogP contribution in [-0.4, -0.2) is 16.3 Å². The fourth-order valence-corrected chi connectivity index (χ4v) is 3.31. The maximum atomic E-state index is 6.24. The highest BCUT2D eigenvalue weighted by Gasteiger charge is 2.17. The number of likely N-dealkylation sites (N-methyl/N-ethyl adjacent to an activating group) is 1. The van der Waals surface area contributed by atoms with E-state index >= 15 is 0 Å². The summed E-state index contributed by atoms with van der Waals surface area (Å²) in [7, 11) is 0. The van der Waals surface area contributed by atoms with Gasteiger partial charge in [-0.2, -0.15) is 5.10 Å². The first-order chi connectivity index (χ1) is 9.11. The van der Waals surface area contributed by atoms with Gasteiger partial charge in [-0.05, 0) is 37.9 Å². The number of hydrogen-bond acceptors (Lipinski definition) is 3. The van der Waals surface area contributed by atoms with Crippen LogP contribution in [0, 0.1) is 0 Å². The van der Waals surface area contributed by atoms with Crippen LogP contribution >= 0.6 is 22.9 Å². The van der Waals surface area contributed by atoms with E-state index in [1.165, 1.54) is 4.88 Å². The van der Waals surface area contributed by atoms with Crippen molar-refractivity contribution in [1.82, 2.24) is 15.1 Å². The molecule has 2 rings (SSSR count). The molecular weight excluding hydrogens is 278 g/mol. The smallest absolute Gasteiger partial charge is 0.0644 e. The summed E-state index contributed by atoms with van der Waals surface area (Å²) in [6.45, 7) is 7.30. The molecule has 0 saturated carbocycles. The van der Waals surface area contributed by atoms with E-state index in [1.807, 2.05) is 22.3 Å². The molecule has 0 bridgehead atoms. The third-order valence-corrected chi connectivity index (χ3v) is 4.49. The van der Waals surface area contributed by atoms with Gasteiger partial charge >= 0.3 is 0 Å². The molecule has 0 amide bonds. The summed E-state index contributed by atoms with van der Waals surface area (Å²) in [6.07, 6.45) is 2.91. The molecular formula is C14H20ClN3S. The largest absolute Gasteiger partial charge is 0.309 e. The second-order valence-corrected chi connectivity index (χ2v) is 6.18. The lowest BCUT2D eigenvalue weighted by atomic mass is 10.1. The number of nitrogens with one attached hydrogen (secondary N) is 1.